The fourth-order valence-corrected chi connectivity index (χ4v) is 1.15. The van der Waals surface area contributed by atoms with Gasteiger partial charge in [0, 0.05) is 0 Å². The molecule has 0 saturated carbocycles. The van der Waals surface area contributed by atoms with Gasteiger partial charge in [0.1, 0.15) is 0 Å². The van der Waals surface area contributed by atoms with Gasteiger partial charge >= 0.3 is 0 Å². The summed E-state index contributed by atoms with van der Waals surface area (Å²) in [6.07, 6.45) is 0. The average Bonchev–Trinajstić information content (AvgIpc) is 1.67. The summed E-state index contributed by atoms with van der Waals surface area (Å²) in [6, 6.07) is 0. The summed E-state index contributed by atoms with van der Waals surface area (Å²) < 4.78 is 0. The van der Waals surface area contributed by atoms with Gasteiger partial charge in [0.05, 0.1) is 5.37 Å². The minimum Gasteiger partial charge on any atom is -0.319 e. The van der Waals surface area contributed by atoms with E-state index in [9.17, 15) is 0 Å². The fourth-order valence-electron chi connectivity index (χ4n) is 0.385. The predicted molar refractivity (Wildman–Crippen MR) is 40.9 cm³/mol. The molecule has 1 atom stereocenters. The van der Waals surface area contributed by atoms with Crippen molar-refractivity contribution < 1.29 is 0 Å². The molecule has 0 aromatic rings. The van der Waals surface area contributed by atoms with Gasteiger partial charge in [-0.3, -0.25) is 0 Å². The van der Waals surface area contributed by atoms with Gasteiger partial charge in [-0.2, -0.15) is 0 Å². The Kier molecular flexibility index (Phi) is 4.38. The van der Waals surface area contributed by atoms with Crippen LogP contribution in [0.15, 0.2) is 0 Å². The Hall–Kier alpha value is 0.310. The van der Waals surface area contributed by atoms with Crippen LogP contribution in [-0.4, -0.2) is 11.1 Å². The number of hydrogen-bond donors (Lipinski definition) is 1. The maximum Gasteiger partial charge on any atom is 0.0530 e. The van der Waals surface area contributed by atoms with Crippen molar-refractivity contribution in [2.24, 2.45) is 11.7 Å². The van der Waals surface area contributed by atoms with E-state index in [4.69, 9.17) is 5.73 Å². The summed E-state index contributed by atoms with van der Waals surface area (Å²) in [7, 11) is 0. The molecule has 0 amide bonds. The Balaban J connectivity index is 3.17. The zero-order valence-corrected chi connectivity index (χ0v) is 6.66. The summed E-state index contributed by atoms with van der Waals surface area (Å²) in [5.74, 6) is 1.74. The number of thioether (sulfide) groups is 1. The minimum atomic E-state index is 0.333. The van der Waals surface area contributed by atoms with Crippen molar-refractivity contribution in [2.75, 3.05) is 5.75 Å². The molecule has 8 heavy (non-hydrogen) atoms. The highest BCUT2D eigenvalue weighted by Crippen LogP contribution is 2.12. The lowest BCUT2D eigenvalue weighted by atomic mass is 10.2. The van der Waals surface area contributed by atoms with Crippen LogP contribution < -0.4 is 5.73 Å². The van der Waals surface area contributed by atoms with Crippen LogP contribution in [0.25, 0.3) is 0 Å². The Bertz CT molecular complexity index is 54.5. The molecular weight excluding hydrogens is 118 g/mol. The van der Waals surface area contributed by atoms with E-state index in [1.165, 1.54) is 0 Å². The zero-order chi connectivity index (χ0) is 6.57. The van der Waals surface area contributed by atoms with Gasteiger partial charge in [-0.25, -0.2) is 0 Å². The summed E-state index contributed by atoms with van der Waals surface area (Å²) in [4.78, 5) is 0. The van der Waals surface area contributed by atoms with Gasteiger partial charge in [-0.15, -0.1) is 11.8 Å². The first kappa shape index (κ1) is 8.31. The Labute approximate surface area is 56.0 Å². The second kappa shape index (κ2) is 4.21. The lowest BCUT2D eigenvalue weighted by Gasteiger charge is -2.12. The van der Waals surface area contributed by atoms with Gasteiger partial charge in [-0.05, 0) is 11.7 Å². The summed E-state index contributed by atoms with van der Waals surface area (Å²) >= 11 is 1.82. The van der Waals surface area contributed by atoms with Crippen molar-refractivity contribution in [2.45, 2.75) is 26.1 Å². The molecule has 50 valence electrons. The van der Waals surface area contributed by atoms with Crippen molar-refractivity contribution in [3.8, 4) is 0 Å². The molecule has 0 radical (unpaired) electrons. The zero-order valence-electron chi connectivity index (χ0n) is 5.85. The van der Waals surface area contributed by atoms with Crippen molar-refractivity contribution in [3.63, 3.8) is 0 Å². The van der Waals surface area contributed by atoms with Crippen molar-refractivity contribution >= 4 is 11.8 Å². The third-order valence-corrected chi connectivity index (χ3v) is 2.28. The summed E-state index contributed by atoms with van der Waals surface area (Å²) in [5.41, 5.74) is 5.69. The van der Waals surface area contributed by atoms with E-state index in [1.807, 2.05) is 11.8 Å². The highest BCUT2D eigenvalue weighted by molar-refractivity contribution is 7.99. The molecular formula is C6H15NS. The summed E-state index contributed by atoms with van der Waals surface area (Å²) in [6.45, 7) is 6.42. The van der Waals surface area contributed by atoms with Crippen molar-refractivity contribution in [3.05, 3.63) is 0 Å². The van der Waals surface area contributed by atoms with E-state index < -0.39 is 0 Å². The first-order valence-corrected chi connectivity index (χ1v) is 4.10. The maximum atomic E-state index is 5.69. The first-order chi connectivity index (χ1) is 3.68. The fraction of sp³-hybridized carbons (Fsp3) is 1.00. The van der Waals surface area contributed by atoms with Crippen LogP contribution in [0.3, 0.4) is 0 Å². The Morgan fingerprint density at radius 3 is 2.12 bits per heavy atom. The third-order valence-electron chi connectivity index (χ3n) is 1.02. The van der Waals surface area contributed by atoms with E-state index in [1.54, 1.807) is 0 Å². The molecule has 0 rings (SSSR count). The molecule has 0 saturated heterocycles. The number of nitrogens with two attached hydrogens (primary N) is 1. The van der Waals surface area contributed by atoms with Crippen LogP contribution in [0.1, 0.15) is 20.8 Å². The molecule has 0 aliphatic carbocycles. The molecule has 0 aliphatic rings. The molecule has 0 heterocycles. The SMILES string of the molecule is CCSC(N)C(C)C. The lowest BCUT2D eigenvalue weighted by molar-refractivity contribution is 0.624. The van der Waals surface area contributed by atoms with Crippen LogP contribution in [0, 0.1) is 5.92 Å². The van der Waals surface area contributed by atoms with E-state index in [0.29, 0.717) is 11.3 Å². The van der Waals surface area contributed by atoms with Gasteiger partial charge in [0.25, 0.3) is 0 Å². The molecule has 2 heteroatoms. The molecule has 2 N–H and O–H groups in total. The van der Waals surface area contributed by atoms with Gasteiger partial charge in [0.2, 0.25) is 0 Å². The monoisotopic (exact) mass is 133 g/mol. The van der Waals surface area contributed by atoms with Crippen LogP contribution in [0.2, 0.25) is 0 Å². The largest absolute Gasteiger partial charge is 0.319 e. The lowest BCUT2D eigenvalue weighted by Crippen LogP contribution is -2.22. The molecule has 0 aromatic heterocycles. The van der Waals surface area contributed by atoms with Crippen LogP contribution in [0.5, 0.6) is 0 Å². The molecule has 1 unspecified atom stereocenters. The Morgan fingerprint density at radius 1 is 1.50 bits per heavy atom. The summed E-state index contributed by atoms with van der Waals surface area (Å²) in [5, 5.41) is 0.333. The highest BCUT2D eigenvalue weighted by atomic mass is 32.2. The van der Waals surface area contributed by atoms with Gasteiger partial charge in [-0.1, -0.05) is 20.8 Å². The smallest absolute Gasteiger partial charge is 0.0530 e. The Morgan fingerprint density at radius 2 is 2.00 bits per heavy atom. The van der Waals surface area contributed by atoms with Crippen LogP contribution >= 0.6 is 11.8 Å². The standard InChI is InChI=1S/C6H15NS/c1-4-8-6(7)5(2)3/h5-6H,4,7H2,1-3H3. The van der Waals surface area contributed by atoms with E-state index in [0.717, 1.165) is 5.75 Å². The quantitative estimate of drug-likeness (QED) is 0.593. The van der Waals surface area contributed by atoms with E-state index >= 15 is 0 Å². The molecule has 0 bridgehead atoms. The minimum absolute atomic E-state index is 0.333. The van der Waals surface area contributed by atoms with Crippen LogP contribution in [-0.2, 0) is 0 Å². The number of rotatable bonds is 3. The molecule has 0 spiro atoms. The highest BCUT2D eigenvalue weighted by Gasteiger charge is 2.04. The second-order valence-corrected chi connectivity index (χ2v) is 3.62. The molecule has 1 nitrogen and oxygen atoms in total. The topological polar surface area (TPSA) is 26.0 Å². The van der Waals surface area contributed by atoms with Gasteiger partial charge < -0.3 is 5.73 Å². The second-order valence-electron chi connectivity index (χ2n) is 2.16. The first-order valence-electron chi connectivity index (χ1n) is 3.05. The average molecular weight is 133 g/mol. The van der Waals surface area contributed by atoms with E-state index in [2.05, 4.69) is 20.8 Å². The van der Waals surface area contributed by atoms with E-state index in [-0.39, 0.29) is 0 Å². The third kappa shape index (κ3) is 3.33. The van der Waals surface area contributed by atoms with Crippen molar-refractivity contribution in [1.82, 2.24) is 0 Å². The molecule has 0 aliphatic heterocycles. The van der Waals surface area contributed by atoms with Crippen LogP contribution in [0.4, 0.5) is 0 Å². The molecule has 0 aromatic carbocycles. The van der Waals surface area contributed by atoms with Crippen molar-refractivity contribution in [1.29, 1.82) is 0 Å². The predicted octanol–water partition coefficient (Wildman–Crippen LogP) is 1.68. The normalized spacial score (nSPS) is 14.6. The maximum absolute atomic E-state index is 5.69. The number of hydrogen-bond acceptors (Lipinski definition) is 2. The van der Waals surface area contributed by atoms with Gasteiger partial charge in [0.15, 0.2) is 0 Å². The molecule has 0 fully saturated rings.